The summed E-state index contributed by atoms with van der Waals surface area (Å²) in [6.45, 7) is 1.19. The van der Waals surface area contributed by atoms with Gasteiger partial charge in [-0.15, -0.1) is 0 Å². The van der Waals surface area contributed by atoms with Gasteiger partial charge in [0.2, 0.25) is 11.8 Å². The molecule has 0 saturated carbocycles. The second-order valence-corrected chi connectivity index (χ2v) is 10.9. The summed E-state index contributed by atoms with van der Waals surface area (Å²) >= 11 is 2.03. The number of ether oxygens (including phenoxy) is 1. The van der Waals surface area contributed by atoms with Crippen molar-refractivity contribution in [2.75, 3.05) is 20.2 Å². The Bertz CT molecular complexity index is 1260. The van der Waals surface area contributed by atoms with Gasteiger partial charge in [0.25, 0.3) is 5.91 Å². The number of nitrogens with two attached hydrogens (primary N) is 1. The number of imide groups is 3. The summed E-state index contributed by atoms with van der Waals surface area (Å²) in [7, 11) is 1.54. The first-order valence-corrected chi connectivity index (χ1v) is 13.0. The number of piperidine rings is 1. The minimum atomic E-state index is -1.12. The van der Waals surface area contributed by atoms with Crippen molar-refractivity contribution in [1.82, 2.24) is 14.4 Å². The van der Waals surface area contributed by atoms with E-state index in [0.29, 0.717) is 39.2 Å². The molecule has 5 amide bonds. The first kappa shape index (κ1) is 23.6. The van der Waals surface area contributed by atoms with Gasteiger partial charge in [0.05, 0.1) is 18.1 Å². The molecule has 2 aromatic rings. The second-order valence-electron chi connectivity index (χ2n) is 8.73. The summed E-state index contributed by atoms with van der Waals surface area (Å²) < 4.78 is 6.64. The van der Waals surface area contributed by atoms with E-state index in [2.05, 4.69) is 0 Å². The summed E-state index contributed by atoms with van der Waals surface area (Å²) in [6, 6.07) is 5.90. The maximum Gasteiger partial charge on any atom is 0.328 e. The van der Waals surface area contributed by atoms with Gasteiger partial charge in [0.15, 0.2) is 0 Å². The Hall–Kier alpha value is -3.12. The van der Waals surface area contributed by atoms with Gasteiger partial charge in [-0.25, -0.2) is 4.79 Å². The summed E-state index contributed by atoms with van der Waals surface area (Å²) in [5.41, 5.74) is 6.05. The number of carbonyl (C=O) groups excluding carboxylic acids is 4. The van der Waals surface area contributed by atoms with Crippen LogP contribution in [-0.4, -0.2) is 63.6 Å². The second kappa shape index (κ2) is 9.15. The van der Waals surface area contributed by atoms with Gasteiger partial charge in [-0.1, -0.05) is 35.2 Å². The van der Waals surface area contributed by atoms with Gasteiger partial charge in [-0.2, -0.15) is 4.90 Å². The number of urea groups is 1. The van der Waals surface area contributed by atoms with Crippen molar-refractivity contribution in [3.63, 3.8) is 0 Å². The Morgan fingerprint density at radius 1 is 1.06 bits per heavy atom. The number of nitrogens with zero attached hydrogens (tertiary/aromatic N) is 3. The number of carbonyl (C=O) groups is 4. The van der Waals surface area contributed by atoms with Crippen LogP contribution in [0.25, 0.3) is 0 Å². The van der Waals surface area contributed by atoms with Gasteiger partial charge in [0, 0.05) is 23.9 Å². The minimum Gasteiger partial charge on any atom is -0.497 e. The number of hydrogen-bond donors (Lipinski definition) is 1. The van der Waals surface area contributed by atoms with E-state index in [4.69, 9.17) is 10.5 Å². The van der Waals surface area contributed by atoms with Gasteiger partial charge in [-0.05, 0) is 37.0 Å². The van der Waals surface area contributed by atoms with E-state index >= 15 is 0 Å². The highest BCUT2D eigenvalue weighted by Crippen LogP contribution is 2.53. The molecule has 10 nitrogen and oxygen atoms in total. The molecule has 0 unspecified atom stereocenters. The molecule has 0 radical (unpaired) electrons. The number of primary amides is 1. The highest BCUT2D eigenvalue weighted by Gasteiger charge is 2.57. The average Bonchev–Trinajstić information content (AvgIpc) is 3.30. The number of thiazole rings is 1. The van der Waals surface area contributed by atoms with Crippen LogP contribution in [0.15, 0.2) is 34.1 Å². The Morgan fingerprint density at radius 2 is 1.74 bits per heavy atom. The third-order valence-corrected chi connectivity index (χ3v) is 9.35. The van der Waals surface area contributed by atoms with E-state index in [1.54, 1.807) is 29.2 Å². The number of benzene rings is 1. The third kappa shape index (κ3) is 3.94. The van der Waals surface area contributed by atoms with E-state index in [-0.39, 0.29) is 17.3 Å². The summed E-state index contributed by atoms with van der Waals surface area (Å²) in [4.78, 5) is 66.8. The molecule has 0 spiro atoms. The molecular formula is C23H24N4O6S2. The number of rotatable bonds is 4. The van der Waals surface area contributed by atoms with Crippen LogP contribution < -0.4 is 15.3 Å². The lowest BCUT2D eigenvalue weighted by Crippen LogP contribution is -2.41. The van der Waals surface area contributed by atoms with Crippen molar-refractivity contribution in [2.24, 2.45) is 11.7 Å². The zero-order valence-corrected chi connectivity index (χ0v) is 20.6. The molecule has 1 aromatic heterocycles. The normalized spacial score (nSPS) is 23.7. The number of fused-ring (bicyclic) bond motifs is 2. The van der Waals surface area contributed by atoms with Crippen LogP contribution >= 0.6 is 23.1 Å². The minimum absolute atomic E-state index is 0.133. The van der Waals surface area contributed by atoms with E-state index in [1.165, 1.54) is 11.7 Å². The molecule has 184 valence electrons. The first-order valence-electron chi connectivity index (χ1n) is 11.3. The Labute approximate surface area is 209 Å². The van der Waals surface area contributed by atoms with Crippen LogP contribution in [0.1, 0.15) is 35.6 Å². The SMILES string of the molecule is COc1ccc([C@@H]2c3sc(=O)n(CC(=O)N4CCCCC4)c3S[C@@H]3C(=O)N(C(N)=O)C(=O)[C@H]23)cc1. The number of methoxy groups -OCH3 is 1. The highest BCUT2D eigenvalue weighted by atomic mass is 32.2. The van der Waals surface area contributed by atoms with Gasteiger partial charge in [-0.3, -0.25) is 23.7 Å². The molecule has 2 fully saturated rings. The van der Waals surface area contributed by atoms with Crippen LogP contribution in [0.2, 0.25) is 0 Å². The number of aromatic nitrogens is 1. The van der Waals surface area contributed by atoms with Crippen LogP contribution in [0.4, 0.5) is 4.79 Å². The predicted molar refractivity (Wildman–Crippen MR) is 128 cm³/mol. The van der Waals surface area contributed by atoms with Crippen LogP contribution in [0.3, 0.4) is 0 Å². The largest absolute Gasteiger partial charge is 0.497 e. The van der Waals surface area contributed by atoms with Gasteiger partial charge >= 0.3 is 10.9 Å². The van der Waals surface area contributed by atoms with Crippen LogP contribution in [-0.2, 0) is 20.9 Å². The fraction of sp³-hybridized carbons (Fsp3) is 0.435. The Balaban J connectivity index is 1.59. The fourth-order valence-electron chi connectivity index (χ4n) is 5.02. The third-order valence-electron chi connectivity index (χ3n) is 6.75. The van der Waals surface area contributed by atoms with Gasteiger partial charge < -0.3 is 15.4 Å². The predicted octanol–water partition coefficient (Wildman–Crippen LogP) is 1.60. The van der Waals surface area contributed by atoms with E-state index in [0.717, 1.165) is 42.4 Å². The molecule has 5 rings (SSSR count). The zero-order chi connectivity index (χ0) is 24.9. The number of amides is 5. The smallest absolute Gasteiger partial charge is 0.328 e. The standard InChI is InChI=1S/C23H24N4O6S2/c1-33-13-7-5-12(6-8-13)15-16-17(20(30)27(19(16)29)22(24)31)34-21-18(15)35-23(32)26(21)11-14(28)25-9-3-2-4-10-25/h5-8,15-17H,2-4,9-11H2,1H3,(H2,24,31)/t15-,16+,17-/m0/s1. The maximum absolute atomic E-state index is 13.2. The topological polar surface area (TPSA) is 132 Å². The molecule has 3 atom stereocenters. The van der Waals surface area contributed by atoms with Crippen LogP contribution in [0, 0.1) is 5.92 Å². The summed E-state index contributed by atoms with van der Waals surface area (Å²) in [6.07, 6.45) is 2.94. The Kier molecular flexibility index (Phi) is 6.18. The molecule has 4 heterocycles. The fourth-order valence-corrected chi connectivity index (χ4v) is 7.79. The van der Waals surface area contributed by atoms with E-state index < -0.39 is 34.9 Å². The van der Waals surface area contributed by atoms with Crippen molar-refractivity contribution in [1.29, 1.82) is 0 Å². The highest BCUT2D eigenvalue weighted by molar-refractivity contribution is 8.00. The molecule has 12 heteroatoms. The lowest BCUT2D eigenvalue weighted by atomic mass is 9.83. The quantitative estimate of drug-likeness (QED) is 0.611. The van der Waals surface area contributed by atoms with Crippen molar-refractivity contribution < 1.29 is 23.9 Å². The molecule has 3 aliphatic heterocycles. The zero-order valence-electron chi connectivity index (χ0n) is 19.0. The van der Waals surface area contributed by atoms with Crippen LogP contribution in [0.5, 0.6) is 5.75 Å². The lowest BCUT2D eigenvalue weighted by molar-refractivity contribution is -0.136. The Morgan fingerprint density at radius 3 is 2.37 bits per heavy atom. The monoisotopic (exact) mass is 516 g/mol. The molecule has 0 aliphatic carbocycles. The lowest BCUT2D eigenvalue weighted by Gasteiger charge is -2.31. The molecule has 2 saturated heterocycles. The van der Waals surface area contributed by atoms with Crippen molar-refractivity contribution in [2.45, 2.75) is 42.0 Å². The summed E-state index contributed by atoms with van der Waals surface area (Å²) in [5.74, 6) is -2.46. The molecule has 3 aliphatic rings. The van der Waals surface area contributed by atoms with Crippen molar-refractivity contribution in [3.05, 3.63) is 44.4 Å². The van der Waals surface area contributed by atoms with E-state index in [1.807, 2.05) is 0 Å². The average molecular weight is 517 g/mol. The number of likely N-dealkylation sites (tertiary alicyclic amines) is 2. The molecule has 1 aromatic carbocycles. The molecule has 35 heavy (non-hydrogen) atoms. The van der Waals surface area contributed by atoms with Crippen molar-refractivity contribution >= 4 is 46.9 Å². The maximum atomic E-state index is 13.2. The van der Waals surface area contributed by atoms with Gasteiger partial charge in [0.1, 0.15) is 17.5 Å². The molecular weight excluding hydrogens is 492 g/mol. The molecule has 0 bridgehead atoms. The van der Waals surface area contributed by atoms with E-state index in [9.17, 15) is 24.0 Å². The molecule has 2 N–H and O–H groups in total. The van der Waals surface area contributed by atoms with Crippen molar-refractivity contribution in [3.8, 4) is 5.75 Å². The summed E-state index contributed by atoms with van der Waals surface area (Å²) in [5, 5.41) is -0.445. The first-order chi connectivity index (χ1) is 16.8. The number of thioether (sulfide) groups is 1. The number of hydrogen-bond acceptors (Lipinski definition) is 8.